The number of nitrogens with zero attached hydrogens (tertiary/aromatic N) is 1. The van der Waals surface area contributed by atoms with Gasteiger partial charge in [0.25, 0.3) is 0 Å². The molecule has 3 nitrogen and oxygen atoms in total. The molecule has 0 aliphatic carbocycles. The molecule has 0 spiro atoms. The number of benzene rings is 1. The molecule has 0 aliphatic heterocycles. The van der Waals surface area contributed by atoms with Gasteiger partial charge in [-0.3, -0.25) is 0 Å². The molecule has 0 radical (unpaired) electrons. The first-order chi connectivity index (χ1) is 8.50. The fraction of sp³-hybridized carbons (Fsp3) is 0.400. The van der Waals surface area contributed by atoms with Crippen molar-refractivity contribution in [1.82, 2.24) is 4.98 Å². The summed E-state index contributed by atoms with van der Waals surface area (Å²) >= 11 is 0. The zero-order chi connectivity index (χ0) is 13.2. The Morgan fingerprint density at radius 1 is 1.17 bits per heavy atom. The Morgan fingerprint density at radius 3 is 2.33 bits per heavy atom. The van der Waals surface area contributed by atoms with E-state index in [-0.39, 0.29) is 5.41 Å². The second-order valence-electron chi connectivity index (χ2n) is 5.25. The molecule has 0 saturated heterocycles. The standard InChI is InChI=1S/C15H19NO2/c1-5-17-12-8-6-11(7-9-12)13-10-18-14(16-13)15(2,3)4/h6-10H,5H2,1-4H3. The first-order valence-electron chi connectivity index (χ1n) is 6.20. The predicted molar refractivity (Wildman–Crippen MR) is 71.8 cm³/mol. The van der Waals surface area contributed by atoms with E-state index in [1.54, 1.807) is 6.26 Å². The van der Waals surface area contributed by atoms with Crippen molar-refractivity contribution in [3.8, 4) is 17.0 Å². The van der Waals surface area contributed by atoms with Gasteiger partial charge in [-0.25, -0.2) is 4.98 Å². The highest BCUT2D eigenvalue weighted by molar-refractivity contribution is 5.59. The van der Waals surface area contributed by atoms with Crippen LogP contribution in [0.25, 0.3) is 11.3 Å². The molecule has 0 N–H and O–H groups in total. The van der Waals surface area contributed by atoms with Crippen LogP contribution in [0.2, 0.25) is 0 Å². The molecule has 1 heterocycles. The van der Waals surface area contributed by atoms with Crippen molar-refractivity contribution >= 4 is 0 Å². The van der Waals surface area contributed by atoms with Crippen LogP contribution in [0.1, 0.15) is 33.6 Å². The molecular weight excluding hydrogens is 226 g/mol. The molecular formula is C15H19NO2. The van der Waals surface area contributed by atoms with E-state index in [4.69, 9.17) is 9.15 Å². The normalized spacial score (nSPS) is 11.6. The third kappa shape index (κ3) is 2.73. The van der Waals surface area contributed by atoms with Crippen LogP contribution < -0.4 is 4.74 Å². The summed E-state index contributed by atoms with van der Waals surface area (Å²) in [4.78, 5) is 4.52. The van der Waals surface area contributed by atoms with Gasteiger partial charge in [0, 0.05) is 11.0 Å². The Balaban J connectivity index is 2.23. The summed E-state index contributed by atoms with van der Waals surface area (Å²) in [6.45, 7) is 8.90. The van der Waals surface area contributed by atoms with Gasteiger partial charge in [-0.1, -0.05) is 20.8 Å². The van der Waals surface area contributed by atoms with Gasteiger partial charge in [-0.05, 0) is 31.2 Å². The Morgan fingerprint density at radius 2 is 1.83 bits per heavy atom. The quantitative estimate of drug-likeness (QED) is 0.818. The van der Waals surface area contributed by atoms with Crippen LogP contribution in [0.5, 0.6) is 5.75 Å². The van der Waals surface area contributed by atoms with Crippen molar-refractivity contribution in [2.75, 3.05) is 6.61 Å². The van der Waals surface area contributed by atoms with Gasteiger partial charge in [-0.2, -0.15) is 0 Å². The number of aromatic nitrogens is 1. The van der Waals surface area contributed by atoms with E-state index in [2.05, 4.69) is 25.8 Å². The van der Waals surface area contributed by atoms with E-state index in [0.717, 1.165) is 22.9 Å². The van der Waals surface area contributed by atoms with Gasteiger partial charge in [0.05, 0.1) is 6.61 Å². The molecule has 0 atom stereocenters. The molecule has 0 amide bonds. The van der Waals surface area contributed by atoms with Gasteiger partial charge in [0.15, 0.2) is 5.89 Å². The third-order valence-electron chi connectivity index (χ3n) is 2.61. The minimum Gasteiger partial charge on any atom is -0.494 e. The first kappa shape index (κ1) is 12.7. The van der Waals surface area contributed by atoms with Crippen molar-refractivity contribution < 1.29 is 9.15 Å². The van der Waals surface area contributed by atoms with Gasteiger partial charge < -0.3 is 9.15 Å². The van der Waals surface area contributed by atoms with Crippen LogP contribution in [0, 0.1) is 0 Å². The fourth-order valence-electron chi connectivity index (χ4n) is 1.64. The minimum atomic E-state index is -0.0660. The Hall–Kier alpha value is -1.77. The average molecular weight is 245 g/mol. The molecule has 3 heteroatoms. The summed E-state index contributed by atoms with van der Waals surface area (Å²) in [5, 5.41) is 0. The summed E-state index contributed by atoms with van der Waals surface area (Å²) < 4.78 is 10.9. The second kappa shape index (κ2) is 4.84. The Kier molecular flexibility index (Phi) is 3.41. The molecule has 2 rings (SSSR count). The van der Waals surface area contributed by atoms with Gasteiger partial charge in [0.1, 0.15) is 17.7 Å². The van der Waals surface area contributed by atoms with Crippen molar-refractivity contribution in [1.29, 1.82) is 0 Å². The van der Waals surface area contributed by atoms with E-state index in [0.29, 0.717) is 6.61 Å². The zero-order valence-corrected chi connectivity index (χ0v) is 11.4. The second-order valence-corrected chi connectivity index (χ2v) is 5.25. The van der Waals surface area contributed by atoms with Crippen molar-refractivity contribution in [3.05, 3.63) is 36.4 Å². The van der Waals surface area contributed by atoms with E-state index in [1.807, 2.05) is 31.2 Å². The molecule has 2 aromatic rings. The lowest BCUT2D eigenvalue weighted by molar-refractivity contribution is 0.340. The topological polar surface area (TPSA) is 35.3 Å². The first-order valence-corrected chi connectivity index (χ1v) is 6.20. The number of hydrogen-bond acceptors (Lipinski definition) is 3. The molecule has 96 valence electrons. The number of rotatable bonds is 3. The lowest BCUT2D eigenvalue weighted by Crippen LogP contribution is -2.11. The van der Waals surface area contributed by atoms with E-state index in [1.165, 1.54) is 0 Å². The van der Waals surface area contributed by atoms with Gasteiger partial charge >= 0.3 is 0 Å². The Bertz CT molecular complexity index is 506. The van der Waals surface area contributed by atoms with Crippen LogP contribution in [-0.2, 0) is 5.41 Å². The maximum atomic E-state index is 5.52. The minimum absolute atomic E-state index is 0.0660. The zero-order valence-electron chi connectivity index (χ0n) is 11.4. The van der Waals surface area contributed by atoms with Crippen LogP contribution in [-0.4, -0.2) is 11.6 Å². The van der Waals surface area contributed by atoms with Crippen molar-refractivity contribution in [2.45, 2.75) is 33.1 Å². The SMILES string of the molecule is CCOc1ccc(-c2coc(C(C)(C)C)n2)cc1. The maximum absolute atomic E-state index is 5.52. The molecule has 0 unspecified atom stereocenters. The summed E-state index contributed by atoms with van der Waals surface area (Å²) in [5.74, 6) is 1.63. The largest absolute Gasteiger partial charge is 0.494 e. The lowest BCUT2D eigenvalue weighted by atomic mass is 9.97. The van der Waals surface area contributed by atoms with Gasteiger partial charge in [-0.15, -0.1) is 0 Å². The highest BCUT2D eigenvalue weighted by Crippen LogP contribution is 2.26. The van der Waals surface area contributed by atoms with Crippen LogP contribution in [0.3, 0.4) is 0 Å². The van der Waals surface area contributed by atoms with E-state index >= 15 is 0 Å². The highest BCUT2D eigenvalue weighted by Gasteiger charge is 2.20. The molecule has 0 bridgehead atoms. The molecule has 1 aromatic heterocycles. The summed E-state index contributed by atoms with van der Waals surface area (Å²) in [6, 6.07) is 7.89. The summed E-state index contributed by atoms with van der Waals surface area (Å²) in [6.07, 6.45) is 1.70. The van der Waals surface area contributed by atoms with Crippen LogP contribution in [0.4, 0.5) is 0 Å². The molecule has 0 aliphatic rings. The van der Waals surface area contributed by atoms with Crippen molar-refractivity contribution in [3.63, 3.8) is 0 Å². The monoisotopic (exact) mass is 245 g/mol. The van der Waals surface area contributed by atoms with Gasteiger partial charge in [0.2, 0.25) is 0 Å². The summed E-state index contributed by atoms with van der Waals surface area (Å²) in [5.41, 5.74) is 1.84. The van der Waals surface area contributed by atoms with Crippen LogP contribution in [0.15, 0.2) is 34.9 Å². The molecule has 0 saturated carbocycles. The number of hydrogen-bond donors (Lipinski definition) is 0. The van der Waals surface area contributed by atoms with Crippen molar-refractivity contribution in [2.24, 2.45) is 0 Å². The van der Waals surface area contributed by atoms with E-state index < -0.39 is 0 Å². The number of oxazole rings is 1. The molecule has 1 aromatic carbocycles. The third-order valence-corrected chi connectivity index (χ3v) is 2.61. The predicted octanol–water partition coefficient (Wildman–Crippen LogP) is 4.04. The lowest BCUT2D eigenvalue weighted by Gasteiger charge is -2.11. The average Bonchev–Trinajstić information content (AvgIpc) is 2.79. The highest BCUT2D eigenvalue weighted by atomic mass is 16.5. The maximum Gasteiger partial charge on any atom is 0.199 e. The molecule has 18 heavy (non-hydrogen) atoms. The Labute approximate surface area is 108 Å². The summed E-state index contributed by atoms with van der Waals surface area (Å²) in [7, 11) is 0. The van der Waals surface area contributed by atoms with Crippen LogP contribution >= 0.6 is 0 Å². The molecule has 0 fully saturated rings. The smallest absolute Gasteiger partial charge is 0.199 e. The van der Waals surface area contributed by atoms with E-state index in [9.17, 15) is 0 Å². The fourth-order valence-corrected chi connectivity index (χ4v) is 1.64. The number of ether oxygens (including phenoxy) is 1.